The lowest BCUT2D eigenvalue weighted by Crippen LogP contribution is -2.39. The van der Waals surface area contributed by atoms with Gasteiger partial charge in [0.15, 0.2) is 0 Å². The van der Waals surface area contributed by atoms with Crippen molar-refractivity contribution >= 4 is 5.91 Å². The highest BCUT2D eigenvalue weighted by molar-refractivity contribution is 5.80. The molecular weight excluding hydrogens is 164 g/mol. The van der Waals surface area contributed by atoms with Crippen LogP contribution in [0.5, 0.6) is 0 Å². The SMILES string of the molecule is C[C@@H](N)C(=O)NCCC1CCCC1. The summed E-state index contributed by atoms with van der Waals surface area (Å²) in [5.41, 5.74) is 5.42. The smallest absolute Gasteiger partial charge is 0.236 e. The minimum Gasteiger partial charge on any atom is -0.355 e. The van der Waals surface area contributed by atoms with Gasteiger partial charge < -0.3 is 11.1 Å². The van der Waals surface area contributed by atoms with E-state index in [1.807, 2.05) is 0 Å². The number of hydrogen-bond donors (Lipinski definition) is 2. The van der Waals surface area contributed by atoms with Crippen LogP contribution in [-0.2, 0) is 4.79 Å². The van der Waals surface area contributed by atoms with Crippen molar-refractivity contribution in [3.05, 3.63) is 0 Å². The molecular formula is C10H20N2O. The fourth-order valence-electron chi connectivity index (χ4n) is 1.86. The molecule has 13 heavy (non-hydrogen) atoms. The summed E-state index contributed by atoms with van der Waals surface area (Å²) in [5, 5.41) is 2.85. The highest BCUT2D eigenvalue weighted by Crippen LogP contribution is 2.26. The molecule has 1 rings (SSSR count). The summed E-state index contributed by atoms with van der Waals surface area (Å²) in [5.74, 6) is 0.811. The highest BCUT2D eigenvalue weighted by Gasteiger charge is 2.15. The quantitative estimate of drug-likeness (QED) is 0.685. The molecule has 0 saturated heterocycles. The van der Waals surface area contributed by atoms with E-state index in [-0.39, 0.29) is 11.9 Å². The Labute approximate surface area is 80.1 Å². The van der Waals surface area contributed by atoms with Gasteiger partial charge >= 0.3 is 0 Å². The maximum atomic E-state index is 11.1. The van der Waals surface area contributed by atoms with Crippen LogP contribution in [0.25, 0.3) is 0 Å². The molecule has 0 aromatic rings. The van der Waals surface area contributed by atoms with Crippen LogP contribution in [0, 0.1) is 5.92 Å². The molecule has 1 amide bonds. The lowest BCUT2D eigenvalue weighted by Gasteiger charge is -2.10. The van der Waals surface area contributed by atoms with Crippen molar-refractivity contribution < 1.29 is 4.79 Å². The van der Waals surface area contributed by atoms with Gasteiger partial charge in [-0.05, 0) is 19.3 Å². The van der Waals surface area contributed by atoms with E-state index in [0.29, 0.717) is 0 Å². The third-order valence-corrected chi connectivity index (χ3v) is 2.74. The van der Waals surface area contributed by atoms with Gasteiger partial charge in [-0.2, -0.15) is 0 Å². The number of carbonyl (C=O) groups excluding carboxylic acids is 1. The fraction of sp³-hybridized carbons (Fsp3) is 0.900. The third-order valence-electron chi connectivity index (χ3n) is 2.74. The van der Waals surface area contributed by atoms with Gasteiger partial charge in [-0.3, -0.25) is 4.79 Å². The van der Waals surface area contributed by atoms with Gasteiger partial charge in [-0.25, -0.2) is 0 Å². The molecule has 0 aliphatic heterocycles. The van der Waals surface area contributed by atoms with Gasteiger partial charge in [-0.1, -0.05) is 25.7 Å². The molecule has 3 heteroatoms. The van der Waals surface area contributed by atoms with E-state index in [9.17, 15) is 4.79 Å². The normalized spacial score (nSPS) is 20.2. The van der Waals surface area contributed by atoms with Crippen molar-refractivity contribution in [1.29, 1.82) is 0 Å². The largest absolute Gasteiger partial charge is 0.355 e. The van der Waals surface area contributed by atoms with E-state index in [0.717, 1.165) is 18.9 Å². The van der Waals surface area contributed by atoms with Crippen molar-refractivity contribution in [3.63, 3.8) is 0 Å². The summed E-state index contributed by atoms with van der Waals surface area (Å²) in [6.45, 7) is 2.51. The zero-order chi connectivity index (χ0) is 9.68. The Morgan fingerprint density at radius 2 is 2.15 bits per heavy atom. The van der Waals surface area contributed by atoms with Crippen LogP contribution < -0.4 is 11.1 Å². The second-order valence-corrected chi connectivity index (χ2v) is 4.02. The fourth-order valence-corrected chi connectivity index (χ4v) is 1.86. The van der Waals surface area contributed by atoms with E-state index in [2.05, 4.69) is 5.32 Å². The van der Waals surface area contributed by atoms with Gasteiger partial charge in [0.1, 0.15) is 0 Å². The van der Waals surface area contributed by atoms with E-state index in [1.54, 1.807) is 6.92 Å². The van der Waals surface area contributed by atoms with E-state index in [1.165, 1.54) is 25.7 Å². The Balaban J connectivity index is 2.03. The number of nitrogens with one attached hydrogen (secondary N) is 1. The summed E-state index contributed by atoms with van der Waals surface area (Å²) in [4.78, 5) is 11.1. The number of nitrogens with two attached hydrogens (primary N) is 1. The summed E-state index contributed by atoms with van der Waals surface area (Å²) in [7, 11) is 0. The Bertz CT molecular complexity index is 162. The van der Waals surface area contributed by atoms with Crippen molar-refractivity contribution in [3.8, 4) is 0 Å². The molecule has 0 unspecified atom stereocenters. The first-order valence-electron chi connectivity index (χ1n) is 5.23. The van der Waals surface area contributed by atoms with Gasteiger partial charge in [-0.15, -0.1) is 0 Å². The Morgan fingerprint density at radius 1 is 1.54 bits per heavy atom. The van der Waals surface area contributed by atoms with Crippen LogP contribution in [0.15, 0.2) is 0 Å². The molecule has 0 radical (unpaired) electrons. The van der Waals surface area contributed by atoms with Gasteiger partial charge in [0.2, 0.25) is 5.91 Å². The molecule has 0 aromatic carbocycles. The molecule has 0 heterocycles. The number of hydrogen-bond acceptors (Lipinski definition) is 2. The zero-order valence-electron chi connectivity index (χ0n) is 8.38. The number of carbonyl (C=O) groups is 1. The maximum absolute atomic E-state index is 11.1. The van der Waals surface area contributed by atoms with Crippen LogP contribution in [-0.4, -0.2) is 18.5 Å². The first kappa shape index (κ1) is 10.5. The third kappa shape index (κ3) is 3.77. The Hall–Kier alpha value is -0.570. The summed E-state index contributed by atoms with van der Waals surface area (Å²) < 4.78 is 0. The molecule has 3 nitrogen and oxygen atoms in total. The van der Waals surface area contributed by atoms with Crippen LogP contribution in [0.3, 0.4) is 0 Å². The first-order chi connectivity index (χ1) is 6.20. The molecule has 76 valence electrons. The molecule has 0 spiro atoms. The van der Waals surface area contributed by atoms with Gasteiger partial charge in [0.05, 0.1) is 6.04 Å². The molecule has 1 atom stereocenters. The summed E-state index contributed by atoms with van der Waals surface area (Å²) >= 11 is 0. The van der Waals surface area contributed by atoms with Crippen LogP contribution in [0.2, 0.25) is 0 Å². The van der Waals surface area contributed by atoms with Crippen molar-refractivity contribution in [2.75, 3.05) is 6.54 Å². The molecule has 1 aliphatic carbocycles. The van der Waals surface area contributed by atoms with Crippen molar-refractivity contribution in [2.24, 2.45) is 11.7 Å². The van der Waals surface area contributed by atoms with Crippen LogP contribution in [0.1, 0.15) is 39.0 Å². The molecule has 0 bridgehead atoms. The number of rotatable bonds is 4. The standard InChI is InChI=1S/C10H20N2O/c1-8(11)10(13)12-7-6-9-4-2-3-5-9/h8-9H,2-7,11H2,1H3,(H,12,13)/t8-/m1/s1. The van der Waals surface area contributed by atoms with Gasteiger partial charge in [0.25, 0.3) is 0 Å². The van der Waals surface area contributed by atoms with E-state index >= 15 is 0 Å². The molecule has 3 N–H and O–H groups in total. The predicted molar refractivity (Wildman–Crippen MR) is 53.2 cm³/mol. The first-order valence-corrected chi connectivity index (χ1v) is 5.23. The van der Waals surface area contributed by atoms with E-state index < -0.39 is 0 Å². The lowest BCUT2D eigenvalue weighted by atomic mass is 10.0. The molecule has 0 aromatic heterocycles. The minimum absolute atomic E-state index is 0.0296. The molecule has 1 aliphatic rings. The lowest BCUT2D eigenvalue weighted by molar-refractivity contribution is -0.122. The van der Waals surface area contributed by atoms with Crippen molar-refractivity contribution in [1.82, 2.24) is 5.32 Å². The topological polar surface area (TPSA) is 55.1 Å². The summed E-state index contributed by atoms with van der Waals surface area (Å²) in [6.07, 6.45) is 6.54. The summed E-state index contributed by atoms with van der Waals surface area (Å²) in [6, 6.07) is -0.372. The minimum atomic E-state index is -0.372. The van der Waals surface area contributed by atoms with Crippen LogP contribution >= 0.6 is 0 Å². The monoisotopic (exact) mass is 184 g/mol. The van der Waals surface area contributed by atoms with E-state index in [4.69, 9.17) is 5.73 Å². The molecule has 1 fully saturated rings. The average molecular weight is 184 g/mol. The predicted octanol–water partition coefficient (Wildman–Crippen LogP) is 1.03. The molecule has 1 saturated carbocycles. The Morgan fingerprint density at radius 3 is 2.69 bits per heavy atom. The second kappa shape index (κ2) is 5.22. The Kier molecular flexibility index (Phi) is 4.22. The average Bonchev–Trinajstić information content (AvgIpc) is 2.56. The maximum Gasteiger partial charge on any atom is 0.236 e. The highest BCUT2D eigenvalue weighted by atomic mass is 16.2. The second-order valence-electron chi connectivity index (χ2n) is 4.02. The van der Waals surface area contributed by atoms with Crippen molar-refractivity contribution in [2.45, 2.75) is 45.1 Å². The number of amides is 1. The van der Waals surface area contributed by atoms with Crippen LogP contribution in [0.4, 0.5) is 0 Å². The van der Waals surface area contributed by atoms with Gasteiger partial charge in [0, 0.05) is 6.54 Å². The zero-order valence-corrected chi connectivity index (χ0v) is 8.38.